The largest absolute Gasteiger partial charge is 0.279 e. The molecule has 2 heterocycles. The number of hydrogen-bond acceptors (Lipinski definition) is 5. The van der Waals surface area contributed by atoms with E-state index in [4.69, 9.17) is 11.6 Å². The maximum absolute atomic E-state index is 12.3. The van der Waals surface area contributed by atoms with Crippen molar-refractivity contribution >= 4 is 56.3 Å². The Morgan fingerprint density at radius 3 is 2.41 bits per heavy atom. The lowest BCUT2D eigenvalue weighted by Crippen LogP contribution is -2.41. The van der Waals surface area contributed by atoms with E-state index in [0.717, 1.165) is 20.1 Å². The number of thiazole rings is 1. The minimum Gasteiger partial charge on any atom is -0.267 e. The third-order valence-corrected chi connectivity index (χ3v) is 6.36. The summed E-state index contributed by atoms with van der Waals surface area (Å²) in [5.74, 6) is -0.871. The maximum atomic E-state index is 12.3. The van der Waals surface area contributed by atoms with Crippen LogP contribution < -0.4 is 10.9 Å². The minimum absolute atomic E-state index is 0.292. The van der Waals surface area contributed by atoms with Gasteiger partial charge in [-0.3, -0.25) is 20.4 Å². The van der Waals surface area contributed by atoms with Gasteiger partial charge < -0.3 is 0 Å². The van der Waals surface area contributed by atoms with Crippen LogP contribution >= 0.6 is 34.3 Å². The van der Waals surface area contributed by atoms with E-state index < -0.39 is 11.8 Å². The highest BCUT2D eigenvalue weighted by Gasteiger charge is 2.15. The predicted octanol–water partition coefficient (Wildman–Crippen LogP) is 4.75. The number of carbonyl (C=O) groups excluding carboxylic acids is 2. The molecular weight excluding hydrogens is 402 g/mol. The van der Waals surface area contributed by atoms with Crippen molar-refractivity contribution in [3.8, 4) is 9.88 Å². The van der Waals surface area contributed by atoms with Crippen LogP contribution in [0.1, 0.15) is 20.0 Å². The Hall–Kier alpha value is -2.74. The van der Waals surface area contributed by atoms with Crippen LogP contribution in [0.3, 0.4) is 0 Å². The number of rotatable bonds is 3. The average molecular weight is 414 g/mol. The Bertz CT molecular complexity index is 1120. The number of para-hydroxylation sites is 1. The van der Waals surface area contributed by atoms with E-state index in [1.807, 2.05) is 30.3 Å². The maximum Gasteiger partial charge on any atom is 0.279 e. The Labute approximate surface area is 167 Å². The summed E-state index contributed by atoms with van der Waals surface area (Å²) in [6, 6.07) is 18.1. The molecule has 2 amide bonds. The number of hydrazine groups is 1. The first-order chi connectivity index (χ1) is 13.1. The second kappa shape index (κ2) is 7.48. The Morgan fingerprint density at radius 2 is 1.59 bits per heavy atom. The van der Waals surface area contributed by atoms with Gasteiger partial charge in [0.25, 0.3) is 11.8 Å². The van der Waals surface area contributed by atoms with E-state index in [1.165, 1.54) is 11.3 Å². The highest BCUT2D eigenvalue weighted by molar-refractivity contribution is 7.26. The van der Waals surface area contributed by atoms with Gasteiger partial charge in [0.05, 0.1) is 30.6 Å². The molecule has 0 aliphatic rings. The number of nitrogens with one attached hydrogen (secondary N) is 2. The summed E-state index contributed by atoms with van der Waals surface area (Å²) in [5, 5.41) is 1.18. The fraction of sp³-hybridized carbons (Fsp3) is 0. The fourth-order valence-corrected chi connectivity index (χ4v) is 4.58. The molecule has 4 aromatic rings. The average Bonchev–Trinajstić information content (AvgIpc) is 3.33. The molecular formula is C19H12ClN3O2S2. The molecule has 0 fully saturated rings. The monoisotopic (exact) mass is 413 g/mol. The van der Waals surface area contributed by atoms with Gasteiger partial charge in [0, 0.05) is 0 Å². The predicted molar refractivity (Wildman–Crippen MR) is 109 cm³/mol. The van der Waals surface area contributed by atoms with Crippen molar-refractivity contribution in [2.45, 2.75) is 0 Å². The Kier molecular flexibility index (Phi) is 4.89. The second-order valence-electron chi connectivity index (χ2n) is 5.54. The quantitative estimate of drug-likeness (QED) is 0.476. The third kappa shape index (κ3) is 3.71. The van der Waals surface area contributed by atoms with E-state index in [2.05, 4.69) is 15.8 Å². The number of amides is 2. The van der Waals surface area contributed by atoms with Gasteiger partial charge in [0.1, 0.15) is 5.01 Å². The minimum atomic E-state index is -0.475. The van der Waals surface area contributed by atoms with Crippen molar-refractivity contribution in [1.29, 1.82) is 0 Å². The van der Waals surface area contributed by atoms with Crippen LogP contribution in [0.2, 0.25) is 5.02 Å². The summed E-state index contributed by atoms with van der Waals surface area (Å²) < 4.78 is 1.10. The molecule has 0 radical (unpaired) electrons. The number of aromatic nitrogens is 1. The van der Waals surface area contributed by atoms with Gasteiger partial charge >= 0.3 is 0 Å². The van der Waals surface area contributed by atoms with Crippen molar-refractivity contribution in [3.63, 3.8) is 0 Å². The molecule has 5 nitrogen and oxygen atoms in total. The SMILES string of the molecule is O=C(NNC(=O)c1ccccc1Cl)c1ccc(-c2nc3ccccc3s2)s1. The van der Waals surface area contributed by atoms with Crippen LogP contribution in [-0.4, -0.2) is 16.8 Å². The lowest BCUT2D eigenvalue weighted by Gasteiger charge is -2.07. The van der Waals surface area contributed by atoms with Crippen molar-refractivity contribution in [3.05, 3.63) is 76.1 Å². The van der Waals surface area contributed by atoms with Gasteiger partial charge in [-0.05, 0) is 36.4 Å². The number of halogens is 1. The van der Waals surface area contributed by atoms with E-state index in [0.29, 0.717) is 15.5 Å². The summed E-state index contributed by atoms with van der Waals surface area (Å²) >= 11 is 8.87. The van der Waals surface area contributed by atoms with Gasteiger partial charge in [-0.2, -0.15) is 0 Å². The molecule has 4 rings (SSSR count). The highest BCUT2D eigenvalue weighted by atomic mass is 35.5. The van der Waals surface area contributed by atoms with Crippen molar-refractivity contribution in [2.75, 3.05) is 0 Å². The van der Waals surface area contributed by atoms with Crippen LogP contribution in [0.25, 0.3) is 20.1 Å². The fourth-order valence-electron chi connectivity index (χ4n) is 2.44. The molecule has 2 aromatic carbocycles. The topological polar surface area (TPSA) is 71.1 Å². The molecule has 0 unspecified atom stereocenters. The molecule has 0 spiro atoms. The molecule has 2 aromatic heterocycles. The molecule has 0 aliphatic carbocycles. The zero-order valence-electron chi connectivity index (χ0n) is 13.7. The van der Waals surface area contributed by atoms with Crippen LogP contribution in [0.5, 0.6) is 0 Å². The number of hydrogen-bond donors (Lipinski definition) is 2. The Balaban J connectivity index is 1.46. The van der Waals surface area contributed by atoms with Crippen LogP contribution in [0.4, 0.5) is 0 Å². The number of carbonyl (C=O) groups is 2. The normalized spacial score (nSPS) is 10.7. The van der Waals surface area contributed by atoms with E-state index >= 15 is 0 Å². The smallest absolute Gasteiger partial charge is 0.267 e. The molecule has 2 N–H and O–H groups in total. The van der Waals surface area contributed by atoms with Crippen molar-refractivity contribution < 1.29 is 9.59 Å². The molecule has 0 aliphatic heterocycles. The standard InChI is InChI=1S/C19H12ClN3O2S2/c20-12-6-2-1-5-11(12)17(24)22-23-18(25)15-9-10-16(26-15)19-21-13-7-3-4-8-14(13)27-19/h1-10H,(H,22,24)(H,23,25). The molecule has 134 valence electrons. The van der Waals surface area contributed by atoms with Crippen molar-refractivity contribution in [1.82, 2.24) is 15.8 Å². The lowest BCUT2D eigenvalue weighted by molar-refractivity contribution is 0.0849. The molecule has 0 atom stereocenters. The van der Waals surface area contributed by atoms with E-state index in [-0.39, 0.29) is 0 Å². The summed E-state index contributed by atoms with van der Waals surface area (Å²) in [6.45, 7) is 0. The van der Waals surface area contributed by atoms with Gasteiger partial charge in [-0.15, -0.1) is 22.7 Å². The summed E-state index contributed by atoms with van der Waals surface area (Å²) in [5.41, 5.74) is 6.02. The van der Waals surface area contributed by atoms with Crippen LogP contribution in [0.15, 0.2) is 60.7 Å². The zero-order valence-corrected chi connectivity index (χ0v) is 16.1. The molecule has 8 heteroatoms. The number of nitrogens with zero attached hydrogens (tertiary/aromatic N) is 1. The van der Waals surface area contributed by atoms with Gasteiger partial charge in [0.2, 0.25) is 0 Å². The van der Waals surface area contributed by atoms with E-state index in [9.17, 15) is 9.59 Å². The number of thiophene rings is 1. The van der Waals surface area contributed by atoms with Gasteiger partial charge in [-0.1, -0.05) is 35.9 Å². The third-order valence-electron chi connectivity index (χ3n) is 3.74. The first-order valence-corrected chi connectivity index (χ1v) is 9.94. The number of benzene rings is 2. The van der Waals surface area contributed by atoms with Crippen molar-refractivity contribution in [2.24, 2.45) is 0 Å². The van der Waals surface area contributed by atoms with Crippen LogP contribution in [0, 0.1) is 0 Å². The van der Waals surface area contributed by atoms with Gasteiger partial charge in [-0.25, -0.2) is 4.98 Å². The number of fused-ring (bicyclic) bond motifs is 1. The highest BCUT2D eigenvalue weighted by Crippen LogP contribution is 2.34. The summed E-state index contributed by atoms with van der Waals surface area (Å²) in [6.07, 6.45) is 0. The van der Waals surface area contributed by atoms with E-state index in [1.54, 1.807) is 41.7 Å². The summed E-state index contributed by atoms with van der Waals surface area (Å²) in [7, 11) is 0. The second-order valence-corrected chi connectivity index (χ2v) is 8.06. The summed E-state index contributed by atoms with van der Waals surface area (Å²) in [4.78, 5) is 30.4. The molecule has 27 heavy (non-hydrogen) atoms. The van der Waals surface area contributed by atoms with Gasteiger partial charge in [0.15, 0.2) is 0 Å². The molecule has 0 bridgehead atoms. The van der Waals surface area contributed by atoms with Crippen LogP contribution in [-0.2, 0) is 0 Å². The zero-order chi connectivity index (χ0) is 18.8. The molecule has 0 saturated carbocycles. The Morgan fingerprint density at radius 1 is 0.852 bits per heavy atom. The molecule has 0 saturated heterocycles. The first kappa shape index (κ1) is 17.7. The first-order valence-electron chi connectivity index (χ1n) is 7.93. The lowest BCUT2D eigenvalue weighted by atomic mass is 10.2.